The molecule has 2 amide bonds. The summed E-state index contributed by atoms with van der Waals surface area (Å²) >= 11 is 0. The molecule has 0 radical (unpaired) electrons. The second kappa shape index (κ2) is 9.89. The number of nitrogens with two attached hydrogens (primary N) is 1. The van der Waals surface area contributed by atoms with E-state index >= 15 is 0 Å². The van der Waals surface area contributed by atoms with Gasteiger partial charge in [-0.3, -0.25) is 9.59 Å². The minimum atomic E-state index is -1.35. The zero-order chi connectivity index (χ0) is 23.5. The summed E-state index contributed by atoms with van der Waals surface area (Å²) in [6.45, 7) is 1.90. The molecule has 1 aliphatic heterocycles. The zero-order valence-electron chi connectivity index (χ0n) is 18.7. The van der Waals surface area contributed by atoms with Crippen LogP contribution in [0.5, 0.6) is 5.75 Å². The van der Waals surface area contributed by atoms with Crippen LogP contribution in [0.25, 0.3) is 11.1 Å². The summed E-state index contributed by atoms with van der Waals surface area (Å²) in [7, 11) is 0. The minimum Gasteiger partial charge on any atom is -0.487 e. The van der Waals surface area contributed by atoms with Crippen LogP contribution in [0.1, 0.15) is 25.3 Å². The van der Waals surface area contributed by atoms with E-state index in [1.54, 1.807) is 6.07 Å². The van der Waals surface area contributed by atoms with Crippen LogP contribution in [0.2, 0.25) is 0 Å². The van der Waals surface area contributed by atoms with Crippen molar-refractivity contribution in [3.05, 3.63) is 48.0 Å². The maximum absolute atomic E-state index is 14.6. The van der Waals surface area contributed by atoms with Crippen molar-refractivity contribution in [3.63, 3.8) is 0 Å². The molecule has 4 rings (SSSR count). The standard InChI is InChI=1S/C25H30FN3O4/c1-15-9-20(15)25(32)28-19-4-2-3-16(11-19)17-5-6-22(18(10-17)12-27)33-23-7-8-29(13-21(23)26)24(31)14-30/h2-6,10-11,15,20-21,23,30H,7-9,12-14,27H2,1H3,(H,28,32)/t15?,20?,21-,23+/m1/s1. The lowest BCUT2D eigenvalue weighted by Crippen LogP contribution is -2.50. The van der Waals surface area contributed by atoms with E-state index in [-0.39, 0.29) is 24.9 Å². The summed E-state index contributed by atoms with van der Waals surface area (Å²) in [6, 6.07) is 13.2. The van der Waals surface area contributed by atoms with Crippen LogP contribution in [0, 0.1) is 11.8 Å². The summed E-state index contributed by atoms with van der Waals surface area (Å²) in [5, 5.41) is 12.0. The summed E-state index contributed by atoms with van der Waals surface area (Å²) in [5.41, 5.74) is 9.29. The smallest absolute Gasteiger partial charge is 0.248 e. The Balaban J connectivity index is 1.46. The number of nitrogens with one attached hydrogen (secondary N) is 1. The van der Waals surface area contributed by atoms with Crippen LogP contribution in [-0.4, -0.2) is 53.8 Å². The van der Waals surface area contributed by atoms with Gasteiger partial charge in [0.2, 0.25) is 11.8 Å². The molecule has 2 aromatic rings. The molecule has 1 saturated heterocycles. The third kappa shape index (κ3) is 5.34. The number of benzene rings is 2. The maximum atomic E-state index is 14.6. The molecule has 1 heterocycles. The number of aliphatic hydroxyl groups is 1. The number of piperidine rings is 1. The summed E-state index contributed by atoms with van der Waals surface area (Å²) < 4.78 is 20.6. The Bertz CT molecular complexity index is 1030. The molecule has 0 bridgehead atoms. The van der Waals surface area contributed by atoms with Gasteiger partial charge in [0.25, 0.3) is 0 Å². The lowest BCUT2D eigenvalue weighted by molar-refractivity contribution is -0.138. The second-order valence-corrected chi connectivity index (χ2v) is 8.88. The Kier molecular flexibility index (Phi) is 6.95. The van der Waals surface area contributed by atoms with Gasteiger partial charge in [-0.05, 0) is 47.7 Å². The number of ether oxygens (including phenoxy) is 1. The number of alkyl halides is 1. The van der Waals surface area contributed by atoms with Crippen LogP contribution < -0.4 is 15.8 Å². The maximum Gasteiger partial charge on any atom is 0.248 e. The molecule has 4 N–H and O–H groups in total. The number of anilines is 1. The molecule has 2 fully saturated rings. The van der Waals surface area contributed by atoms with E-state index in [0.717, 1.165) is 28.8 Å². The number of hydrogen-bond acceptors (Lipinski definition) is 5. The molecule has 8 heteroatoms. The topological polar surface area (TPSA) is 105 Å². The number of carbonyl (C=O) groups excluding carboxylic acids is 2. The Labute approximate surface area is 192 Å². The Morgan fingerprint density at radius 1 is 1.24 bits per heavy atom. The Hall–Kier alpha value is -2.97. The lowest BCUT2D eigenvalue weighted by atomic mass is 10.0. The predicted molar refractivity (Wildman–Crippen MR) is 123 cm³/mol. The number of aliphatic hydroxyl groups excluding tert-OH is 1. The van der Waals surface area contributed by atoms with Crippen molar-refractivity contribution >= 4 is 17.5 Å². The van der Waals surface area contributed by atoms with E-state index in [1.807, 2.05) is 36.4 Å². The van der Waals surface area contributed by atoms with Gasteiger partial charge in [0.1, 0.15) is 18.5 Å². The number of nitrogens with zero attached hydrogens (tertiary/aromatic N) is 1. The molecule has 0 spiro atoms. The van der Waals surface area contributed by atoms with Gasteiger partial charge < -0.3 is 25.8 Å². The third-order valence-electron chi connectivity index (χ3n) is 6.44. The van der Waals surface area contributed by atoms with Crippen molar-refractivity contribution in [2.24, 2.45) is 17.6 Å². The number of amides is 2. The molecule has 4 atom stereocenters. The molecule has 2 aromatic carbocycles. The third-order valence-corrected chi connectivity index (χ3v) is 6.44. The summed E-state index contributed by atoms with van der Waals surface area (Å²) in [5.74, 6) is 0.635. The quantitative estimate of drug-likeness (QED) is 0.596. The van der Waals surface area contributed by atoms with Gasteiger partial charge in [0.15, 0.2) is 6.17 Å². The van der Waals surface area contributed by atoms with E-state index in [9.17, 15) is 14.0 Å². The van der Waals surface area contributed by atoms with Crippen molar-refractivity contribution in [1.82, 2.24) is 4.90 Å². The highest BCUT2D eigenvalue weighted by atomic mass is 19.1. The first-order chi connectivity index (χ1) is 15.9. The van der Waals surface area contributed by atoms with Crippen molar-refractivity contribution in [1.29, 1.82) is 0 Å². The molecule has 1 saturated carbocycles. The fourth-order valence-corrected chi connectivity index (χ4v) is 4.24. The van der Waals surface area contributed by atoms with Gasteiger partial charge in [-0.2, -0.15) is 0 Å². The molecule has 2 aliphatic rings. The fourth-order valence-electron chi connectivity index (χ4n) is 4.24. The molecule has 2 unspecified atom stereocenters. The van der Waals surface area contributed by atoms with Crippen molar-refractivity contribution in [2.75, 3.05) is 25.0 Å². The van der Waals surface area contributed by atoms with E-state index < -0.39 is 24.8 Å². The first-order valence-electron chi connectivity index (χ1n) is 11.3. The molecule has 33 heavy (non-hydrogen) atoms. The molecular weight excluding hydrogens is 425 g/mol. The average Bonchev–Trinajstić information content (AvgIpc) is 3.57. The lowest BCUT2D eigenvalue weighted by Gasteiger charge is -2.34. The van der Waals surface area contributed by atoms with E-state index in [1.165, 1.54) is 4.90 Å². The van der Waals surface area contributed by atoms with Crippen molar-refractivity contribution in [2.45, 2.75) is 38.6 Å². The van der Waals surface area contributed by atoms with Gasteiger partial charge in [0.05, 0.1) is 6.54 Å². The van der Waals surface area contributed by atoms with Crippen LogP contribution in [-0.2, 0) is 16.1 Å². The number of hydrogen-bond donors (Lipinski definition) is 3. The van der Waals surface area contributed by atoms with E-state index in [0.29, 0.717) is 24.6 Å². The van der Waals surface area contributed by atoms with Crippen molar-refractivity contribution < 1.29 is 23.8 Å². The van der Waals surface area contributed by atoms with Crippen LogP contribution in [0.3, 0.4) is 0 Å². The molecule has 0 aromatic heterocycles. The summed E-state index contributed by atoms with van der Waals surface area (Å²) in [4.78, 5) is 25.2. The van der Waals surface area contributed by atoms with Gasteiger partial charge in [-0.25, -0.2) is 4.39 Å². The second-order valence-electron chi connectivity index (χ2n) is 8.88. The molecule has 1 aliphatic carbocycles. The Morgan fingerprint density at radius 3 is 2.67 bits per heavy atom. The average molecular weight is 456 g/mol. The highest BCUT2D eigenvalue weighted by molar-refractivity contribution is 5.95. The molecule has 176 valence electrons. The van der Waals surface area contributed by atoms with E-state index in [2.05, 4.69) is 12.2 Å². The van der Waals surface area contributed by atoms with Gasteiger partial charge in [-0.15, -0.1) is 0 Å². The number of carbonyl (C=O) groups is 2. The summed E-state index contributed by atoms with van der Waals surface area (Å²) in [6.07, 6.45) is -0.773. The minimum absolute atomic E-state index is 0.0542. The Morgan fingerprint density at radius 2 is 2.00 bits per heavy atom. The van der Waals surface area contributed by atoms with Crippen LogP contribution in [0.4, 0.5) is 10.1 Å². The van der Waals surface area contributed by atoms with Crippen LogP contribution in [0.15, 0.2) is 42.5 Å². The van der Waals surface area contributed by atoms with Gasteiger partial charge >= 0.3 is 0 Å². The largest absolute Gasteiger partial charge is 0.487 e. The number of likely N-dealkylation sites (tertiary alicyclic amines) is 1. The number of halogens is 1. The van der Waals surface area contributed by atoms with Gasteiger partial charge in [0, 0.05) is 36.7 Å². The highest BCUT2D eigenvalue weighted by Crippen LogP contribution is 2.38. The molecule has 7 nitrogen and oxygen atoms in total. The first kappa shape index (κ1) is 23.2. The highest BCUT2D eigenvalue weighted by Gasteiger charge is 2.39. The number of rotatable bonds is 7. The van der Waals surface area contributed by atoms with Crippen LogP contribution >= 0.6 is 0 Å². The normalized spacial score (nSPS) is 24.3. The van der Waals surface area contributed by atoms with Gasteiger partial charge in [-0.1, -0.05) is 25.1 Å². The molecular formula is C25H30FN3O4. The zero-order valence-corrected chi connectivity index (χ0v) is 18.7. The van der Waals surface area contributed by atoms with E-state index in [4.69, 9.17) is 15.6 Å². The monoisotopic (exact) mass is 455 g/mol. The SMILES string of the molecule is CC1CC1C(=O)Nc1cccc(-c2ccc(O[C@H]3CCN(C(=O)CO)C[C@H]3F)c(CN)c2)c1. The van der Waals surface area contributed by atoms with Crippen molar-refractivity contribution in [3.8, 4) is 16.9 Å². The predicted octanol–water partition coefficient (Wildman–Crippen LogP) is 2.72. The first-order valence-corrected chi connectivity index (χ1v) is 11.3. The fraction of sp³-hybridized carbons (Fsp3) is 0.440.